The first-order valence-electron chi connectivity index (χ1n) is 7.73. The molecule has 112 valence electrons. The van der Waals surface area contributed by atoms with Crippen molar-refractivity contribution >= 4 is 23.4 Å². The third-order valence-corrected chi connectivity index (χ3v) is 5.56. The number of halogens is 1. The molecule has 0 aromatic heterocycles. The van der Waals surface area contributed by atoms with Gasteiger partial charge in [0.1, 0.15) is 0 Å². The van der Waals surface area contributed by atoms with E-state index in [0.717, 1.165) is 22.7 Å². The van der Waals surface area contributed by atoms with E-state index in [-0.39, 0.29) is 0 Å². The highest BCUT2D eigenvalue weighted by atomic mass is 35.5. The van der Waals surface area contributed by atoms with Gasteiger partial charge in [0, 0.05) is 27.8 Å². The Balaban J connectivity index is 1.94. The summed E-state index contributed by atoms with van der Waals surface area (Å²) in [5, 5.41) is 5.09. The van der Waals surface area contributed by atoms with Crippen LogP contribution in [0.25, 0.3) is 0 Å². The van der Waals surface area contributed by atoms with Crippen molar-refractivity contribution in [2.24, 2.45) is 5.92 Å². The SMILES string of the molecule is CC1CCCC(Sc2ccc(CNC(C)C)c(Cl)c2)C1. The fraction of sp³-hybridized carbons (Fsp3) is 0.647. The molecule has 2 unspecified atom stereocenters. The standard InChI is InChI=1S/C17H26ClNS/c1-12(2)19-11-14-7-8-16(10-17(14)18)20-15-6-4-5-13(3)9-15/h7-8,10,12-13,15,19H,4-6,9,11H2,1-3H3. The van der Waals surface area contributed by atoms with Crippen LogP contribution in [-0.2, 0) is 6.54 Å². The zero-order chi connectivity index (χ0) is 14.5. The first kappa shape index (κ1) is 16.2. The molecule has 0 saturated heterocycles. The molecule has 0 amide bonds. The number of rotatable bonds is 5. The van der Waals surface area contributed by atoms with Crippen LogP contribution in [0.1, 0.15) is 52.0 Å². The van der Waals surface area contributed by atoms with Gasteiger partial charge in [0.15, 0.2) is 0 Å². The van der Waals surface area contributed by atoms with Gasteiger partial charge in [-0.3, -0.25) is 0 Å². The Morgan fingerprint density at radius 3 is 2.80 bits per heavy atom. The zero-order valence-corrected chi connectivity index (χ0v) is 14.4. The van der Waals surface area contributed by atoms with Gasteiger partial charge in [-0.25, -0.2) is 0 Å². The molecule has 0 aliphatic heterocycles. The molecule has 1 aromatic rings. The third kappa shape index (κ3) is 4.98. The first-order chi connectivity index (χ1) is 9.54. The van der Waals surface area contributed by atoms with E-state index < -0.39 is 0 Å². The fourth-order valence-corrected chi connectivity index (χ4v) is 4.48. The van der Waals surface area contributed by atoms with E-state index in [0.29, 0.717) is 6.04 Å². The second-order valence-corrected chi connectivity index (χ2v) is 8.08. The van der Waals surface area contributed by atoms with Gasteiger partial charge in [0.05, 0.1) is 0 Å². The van der Waals surface area contributed by atoms with E-state index in [1.54, 1.807) is 0 Å². The van der Waals surface area contributed by atoms with Crippen molar-refractivity contribution in [1.82, 2.24) is 5.32 Å². The van der Waals surface area contributed by atoms with Crippen LogP contribution in [0.4, 0.5) is 0 Å². The highest BCUT2D eigenvalue weighted by Gasteiger charge is 2.19. The summed E-state index contributed by atoms with van der Waals surface area (Å²) in [4.78, 5) is 1.32. The van der Waals surface area contributed by atoms with Crippen LogP contribution in [0.2, 0.25) is 5.02 Å². The molecule has 1 nitrogen and oxygen atoms in total. The summed E-state index contributed by atoms with van der Waals surface area (Å²) in [6, 6.07) is 7.03. The monoisotopic (exact) mass is 311 g/mol. The third-order valence-electron chi connectivity index (χ3n) is 3.92. The normalized spacial score (nSPS) is 23.2. The summed E-state index contributed by atoms with van der Waals surface area (Å²) in [7, 11) is 0. The lowest BCUT2D eigenvalue weighted by atomic mass is 9.91. The van der Waals surface area contributed by atoms with Gasteiger partial charge in [-0.05, 0) is 36.5 Å². The van der Waals surface area contributed by atoms with Crippen LogP contribution < -0.4 is 5.32 Å². The van der Waals surface area contributed by atoms with Gasteiger partial charge in [0.25, 0.3) is 0 Å². The molecule has 0 heterocycles. The lowest BCUT2D eigenvalue weighted by Crippen LogP contribution is -2.21. The molecule has 1 saturated carbocycles. The van der Waals surface area contributed by atoms with Gasteiger partial charge in [0.2, 0.25) is 0 Å². The van der Waals surface area contributed by atoms with E-state index in [1.807, 2.05) is 11.8 Å². The van der Waals surface area contributed by atoms with Crippen molar-refractivity contribution in [3.05, 3.63) is 28.8 Å². The molecule has 2 rings (SSSR count). The van der Waals surface area contributed by atoms with Crippen LogP contribution in [0.15, 0.2) is 23.1 Å². The second kappa shape index (κ2) is 7.72. The van der Waals surface area contributed by atoms with Gasteiger partial charge in [-0.2, -0.15) is 0 Å². The van der Waals surface area contributed by atoms with Crippen molar-refractivity contribution in [1.29, 1.82) is 0 Å². The summed E-state index contributed by atoms with van der Waals surface area (Å²) >= 11 is 8.42. The highest BCUT2D eigenvalue weighted by molar-refractivity contribution is 8.00. The molecule has 1 fully saturated rings. The minimum atomic E-state index is 0.490. The summed E-state index contributed by atoms with van der Waals surface area (Å²) in [5.41, 5.74) is 1.20. The van der Waals surface area contributed by atoms with E-state index in [4.69, 9.17) is 11.6 Å². The van der Waals surface area contributed by atoms with Crippen LogP contribution in [-0.4, -0.2) is 11.3 Å². The van der Waals surface area contributed by atoms with Crippen molar-refractivity contribution in [2.45, 2.75) is 69.2 Å². The summed E-state index contributed by atoms with van der Waals surface area (Å²) in [6.45, 7) is 7.53. The Labute approximate surface area is 132 Å². The molecule has 3 heteroatoms. The van der Waals surface area contributed by atoms with Gasteiger partial charge >= 0.3 is 0 Å². The van der Waals surface area contributed by atoms with Gasteiger partial charge in [-0.15, -0.1) is 11.8 Å². The summed E-state index contributed by atoms with van der Waals surface area (Å²) in [6.07, 6.45) is 5.48. The van der Waals surface area contributed by atoms with Crippen LogP contribution in [0.5, 0.6) is 0 Å². The summed E-state index contributed by atoms with van der Waals surface area (Å²) < 4.78 is 0. The van der Waals surface area contributed by atoms with Gasteiger partial charge in [-0.1, -0.05) is 51.3 Å². The Kier molecular flexibility index (Phi) is 6.25. The predicted octanol–water partition coefficient (Wildman–Crippen LogP) is 5.51. The number of hydrogen-bond acceptors (Lipinski definition) is 2. The van der Waals surface area contributed by atoms with Crippen molar-refractivity contribution < 1.29 is 0 Å². The minimum Gasteiger partial charge on any atom is -0.310 e. The number of hydrogen-bond donors (Lipinski definition) is 1. The minimum absolute atomic E-state index is 0.490. The second-order valence-electron chi connectivity index (χ2n) is 6.30. The lowest BCUT2D eigenvalue weighted by molar-refractivity contribution is 0.394. The number of thioether (sulfide) groups is 1. The molecule has 2 atom stereocenters. The Morgan fingerprint density at radius 1 is 1.35 bits per heavy atom. The topological polar surface area (TPSA) is 12.0 Å². The largest absolute Gasteiger partial charge is 0.310 e. The summed E-state index contributed by atoms with van der Waals surface area (Å²) in [5.74, 6) is 0.881. The molecule has 1 aliphatic rings. The maximum Gasteiger partial charge on any atom is 0.0462 e. The molecule has 0 bridgehead atoms. The Morgan fingerprint density at radius 2 is 2.15 bits per heavy atom. The molecule has 1 N–H and O–H groups in total. The average molecular weight is 312 g/mol. The Bertz CT molecular complexity index is 433. The molecule has 1 aliphatic carbocycles. The van der Waals surface area contributed by atoms with Crippen molar-refractivity contribution in [3.63, 3.8) is 0 Å². The van der Waals surface area contributed by atoms with Crippen molar-refractivity contribution in [3.8, 4) is 0 Å². The molecule has 0 radical (unpaired) electrons. The molecule has 1 aromatic carbocycles. The smallest absolute Gasteiger partial charge is 0.0462 e. The van der Waals surface area contributed by atoms with Crippen LogP contribution in [0, 0.1) is 5.92 Å². The maximum absolute atomic E-state index is 6.41. The number of benzene rings is 1. The molecular weight excluding hydrogens is 286 g/mol. The number of nitrogens with one attached hydrogen (secondary N) is 1. The van der Waals surface area contributed by atoms with Crippen molar-refractivity contribution in [2.75, 3.05) is 0 Å². The van der Waals surface area contributed by atoms with Gasteiger partial charge < -0.3 is 5.32 Å². The fourth-order valence-electron chi connectivity index (χ4n) is 2.74. The molecular formula is C17H26ClNS. The first-order valence-corrected chi connectivity index (χ1v) is 8.99. The quantitative estimate of drug-likeness (QED) is 0.769. The van der Waals surface area contributed by atoms with Crippen LogP contribution >= 0.6 is 23.4 Å². The van der Waals surface area contributed by atoms with E-state index in [1.165, 1.54) is 36.1 Å². The Hall–Kier alpha value is -0.180. The lowest BCUT2D eigenvalue weighted by Gasteiger charge is -2.26. The zero-order valence-electron chi connectivity index (χ0n) is 12.8. The highest BCUT2D eigenvalue weighted by Crippen LogP contribution is 2.37. The van der Waals surface area contributed by atoms with Crippen LogP contribution in [0.3, 0.4) is 0 Å². The molecule has 20 heavy (non-hydrogen) atoms. The van der Waals surface area contributed by atoms with E-state index >= 15 is 0 Å². The maximum atomic E-state index is 6.41. The van der Waals surface area contributed by atoms with E-state index in [2.05, 4.69) is 44.3 Å². The molecule has 0 spiro atoms. The predicted molar refractivity (Wildman–Crippen MR) is 90.7 cm³/mol. The van der Waals surface area contributed by atoms with E-state index in [9.17, 15) is 0 Å². The average Bonchev–Trinajstić information content (AvgIpc) is 2.37.